The molecule has 0 bridgehead atoms. The van der Waals surface area contributed by atoms with E-state index in [1.54, 1.807) is 60.7 Å². The van der Waals surface area contributed by atoms with Crippen molar-refractivity contribution in [3.05, 3.63) is 107 Å². The Labute approximate surface area is 292 Å². The lowest BCUT2D eigenvalue weighted by Gasteiger charge is -2.16. The predicted octanol–water partition coefficient (Wildman–Crippen LogP) is 7.55. The largest absolute Gasteiger partial charge is 0.496 e. The molecule has 1 atom stereocenters. The smallest absolute Gasteiger partial charge is 0.272 e. The fourth-order valence-corrected chi connectivity index (χ4v) is 6.85. The molecular formula is C37H36N4O6S2. The van der Waals surface area contributed by atoms with Crippen LogP contribution in [0.15, 0.2) is 95.5 Å². The molecule has 10 nitrogen and oxygen atoms in total. The topological polar surface area (TPSA) is 128 Å². The lowest BCUT2D eigenvalue weighted by Crippen LogP contribution is -2.30. The first-order valence-electron chi connectivity index (χ1n) is 15.4. The summed E-state index contributed by atoms with van der Waals surface area (Å²) in [4.78, 5) is 45.6. The number of hydrogen-bond acceptors (Lipinski definition) is 9. The molecule has 5 aromatic rings. The molecule has 5 rings (SSSR count). The number of benzene rings is 4. The number of carbonyl (C=O) groups excluding carboxylic acids is 3. The minimum absolute atomic E-state index is 0.0331. The molecule has 0 aliphatic rings. The molecule has 0 aliphatic heterocycles. The number of aryl methyl sites for hydroxylation is 1. The van der Waals surface area contributed by atoms with Crippen LogP contribution in [0.3, 0.4) is 0 Å². The molecule has 0 spiro atoms. The number of nitrogens with one attached hydrogen (secondary N) is 3. The van der Waals surface area contributed by atoms with E-state index in [0.717, 1.165) is 20.7 Å². The SMILES string of the molecule is CCC(Sc1cccc(NC(=O)/C(=C\c2cc(OC)c(OC)cc2OC)NC(=O)c2ccccc2)c1)C(=O)Nc1nc2ccc(C)cc2s1. The van der Waals surface area contributed by atoms with Crippen LogP contribution in [0.5, 0.6) is 17.2 Å². The van der Waals surface area contributed by atoms with Gasteiger partial charge >= 0.3 is 0 Å². The van der Waals surface area contributed by atoms with Crippen LogP contribution in [0.2, 0.25) is 0 Å². The van der Waals surface area contributed by atoms with Gasteiger partial charge in [-0.05, 0) is 73.5 Å². The molecule has 0 saturated carbocycles. The first-order valence-corrected chi connectivity index (χ1v) is 17.0. The Kier molecular flexibility index (Phi) is 11.6. The zero-order valence-corrected chi connectivity index (χ0v) is 29.3. The molecule has 0 fully saturated rings. The Balaban J connectivity index is 1.36. The van der Waals surface area contributed by atoms with E-state index in [4.69, 9.17) is 14.2 Å². The molecule has 252 valence electrons. The maximum Gasteiger partial charge on any atom is 0.272 e. The van der Waals surface area contributed by atoms with Crippen molar-refractivity contribution < 1.29 is 28.6 Å². The number of nitrogens with zero attached hydrogens (tertiary/aromatic N) is 1. The Morgan fingerprint density at radius 3 is 2.31 bits per heavy atom. The first kappa shape index (κ1) is 35.0. The predicted molar refractivity (Wildman–Crippen MR) is 196 cm³/mol. The maximum absolute atomic E-state index is 13.8. The standard InChI is InChI=1S/C37H36N4O6S2/c1-6-32(36(44)41-37-40-27-16-15-22(2)17-33(27)49-37)48-26-14-10-13-25(20-26)38-35(43)28(39-34(42)23-11-8-7-9-12-23)18-24-19-30(46-4)31(47-5)21-29(24)45-3/h7-21,32H,6H2,1-5H3,(H,38,43)(H,39,42)(H,40,41,44)/b28-18+. The van der Waals surface area contributed by atoms with Crippen LogP contribution in [0.1, 0.15) is 34.8 Å². The highest BCUT2D eigenvalue weighted by Crippen LogP contribution is 2.36. The van der Waals surface area contributed by atoms with Gasteiger partial charge in [0, 0.05) is 27.8 Å². The summed E-state index contributed by atoms with van der Waals surface area (Å²) in [7, 11) is 4.51. The van der Waals surface area contributed by atoms with Crippen LogP contribution in [0.25, 0.3) is 16.3 Å². The molecular weight excluding hydrogens is 661 g/mol. The van der Waals surface area contributed by atoms with Crippen molar-refractivity contribution in [2.24, 2.45) is 0 Å². The van der Waals surface area contributed by atoms with Gasteiger partial charge in [0.05, 0.1) is 36.8 Å². The van der Waals surface area contributed by atoms with Gasteiger partial charge in [-0.3, -0.25) is 14.4 Å². The Bertz CT molecular complexity index is 2010. The second-order valence-corrected chi connectivity index (χ2v) is 13.1. The number of aromatic nitrogens is 1. The average molecular weight is 697 g/mol. The van der Waals surface area contributed by atoms with Crippen molar-refractivity contribution in [1.29, 1.82) is 0 Å². The van der Waals surface area contributed by atoms with E-state index in [1.807, 2.05) is 38.1 Å². The van der Waals surface area contributed by atoms with Gasteiger partial charge in [-0.25, -0.2) is 4.98 Å². The zero-order valence-electron chi connectivity index (χ0n) is 27.7. The minimum Gasteiger partial charge on any atom is -0.496 e. The van der Waals surface area contributed by atoms with Crippen LogP contribution in [0, 0.1) is 6.92 Å². The highest BCUT2D eigenvalue weighted by Gasteiger charge is 2.21. The third-order valence-corrected chi connectivity index (χ3v) is 9.66. The van der Waals surface area contributed by atoms with Gasteiger partial charge in [0.15, 0.2) is 16.6 Å². The summed E-state index contributed by atoms with van der Waals surface area (Å²) in [5.74, 6) is 0.0704. The number of hydrogen-bond donors (Lipinski definition) is 3. The van der Waals surface area contributed by atoms with E-state index in [1.165, 1.54) is 50.5 Å². The minimum atomic E-state index is -0.570. The van der Waals surface area contributed by atoms with Gasteiger partial charge in [0.25, 0.3) is 11.8 Å². The number of ether oxygens (including phenoxy) is 3. The van der Waals surface area contributed by atoms with Crippen molar-refractivity contribution in [1.82, 2.24) is 10.3 Å². The third-order valence-electron chi connectivity index (χ3n) is 7.37. The fourth-order valence-electron chi connectivity index (χ4n) is 4.87. The number of carbonyl (C=O) groups is 3. The summed E-state index contributed by atoms with van der Waals surface area (Å²) in [6.45, 7) is 3.96. The van der Waals surface area contributed by atoms with Crippen molar-refractivity contribution >= 4 is 67.9 Å². The number of anilines is 2. The van der Waals surface area contributed by atoms with Crippen molar-refractivity contribution in [3.63, 3.8) is 0 Å². The molecule has 49 heavy (non-hydrogen) atoms. The Morgan fingerprint density at radius 1 is 0.857 bits per heavy atom. The maximum atomic E-state index is 13.8. The van der Waals surface area contributed by atoms with E-state index in [2.05, 4.69) is 20.9 Å². The fraction of sp³-hybridized carbons (Fsp3) is 0.189. The molecule has 3 amide bonds. The van der Waals surface area contributed by atoms with Crippen LogP contribution < -0.4 is 30.2 Å². The normalized spacial score (nSPS) is 11.8. The van der Waals surface area contributed by atoms with E-state index in [-0.39, 0.29) is 11.6 Å². The summed E-state index contributed by atoms with van der Waals surface area (Å²) < 4.78 is 17.4. The summed E-state index contributed by atoms with van der Waals surface area (Å²) in [6, 6.07) is 25.0. The average Bonchev–Trinajstić information content (AvgIpc) is 3.51. The van der Waals surface area contributed by atoms with Crippen LogP contribution in [0.4, 0.5) is 10.8 Å². The van der Waals surface area contributed by atoms with Gasteiger partial charge < -0.3 is 30.2 Å². The number of rotatable bonds is 13. The summed E-state index contributed by atoms with van der Waals surface area (Å²) in [5, 5.41) is 8.74. The number of amides is 3. The van der Waals surface area contributed by atoms with Crippen LogP contribution >= 0.6 is 23.1 Å². The molecule has 1 aromatic heterocycles. The second-order valence-electron chi connectivity index (χ2n) is 10.8. The van der Waals surface area contributed by atoms with Gasteiger partial charge in [0.1, 0.15) is 11.4 Å². The number of thiazole rings is 1. The van der Waals surface area contributed by atoms with Gasteiger partial charge in [-0.15, -0.1) is 11.8 Å². The molecule has 0 radical (unpaired) electrons. The van der Waals surface area contributed by atoms with Crippen molar-refractivity contribution in [3.8, 4) is 17.2 Å². The molecule has 4 aromatic carbocycles. The zero-order chi connectivity index (χ0) is 34.9. The van der Waals surface area contributed by atoms with E-state index >= 15 is 0 Å². The van der Waals surface area contributed by atoms with E-state index in [0.29, 0.717) is 45.6 Å². The van der Waals surface area contributed by atoms with E-state index in [9.17, 15) is 14.4 Å². The number of thioether (sulfide) groups is 1. The monoisotopic (exact) mass is 696 g/mol. The first-order chi connectivity index (χ1) is 23.7. The van der Waals surface area contributed by atoms with Crippen LogP contribution in [-0.2, 0) is 9.59 Å². The van der Waals surface area contributed by atoms with Crippen molar-refractivity contribution in [2.45, 2.75) is 30.4 Å². The summed E-state index contributed by atoms with van der Waals surface area (Å²) in [5.41, 5.74) is 3.27. The molecule has 0 aliphatic carbocycles. The molecule has 1 unspecified atom stereocenters. The number of fused-ring (bicyclic) bond motifs is 1. The highest BCUT2D eigenvalue weighted by atomic mass is 32.2. The van der Waals surface area contributed by atoms with Gasteiger partial charge in [-0.2, -0.15) is 0 Å². The lowest BCUT2D eigenvalue weighted by molar-refractivity contribution is -0.116. The molecule has 1 heterocycles. The Hall–Kier alpha value is -5.33. The third kappa shape index (κ3) is 8.78. The molecule has 3 N–H and O–H groups in total. The second kappa shape index (κ2) is 16.2. The summed E-state index contributed by atoms with van der Waals surface area (Å²) in [6.07, 6.45) is 2.08. The lowest BCUT2D eigenvalue weighted by atomic mass is 10.1. The molecule has 0 saturated heterocycles. The summed E-state index contributed by atoms with van der Waals surface area (Å²) >= 11 is 2.82. The van der Waals surface area contributed by atoms with Gasteiger partial charge in [0.2, 0.25) is 5.91 Å². The number of methoxy groups -OCH3 is 3. The van der Waals surface area contributed by atoms with Crippen LogP contribution in [-0.4, -0.2) is 49.3 Å². The molecule has 12 heteroatoms. The van der Waals surface area contributed by atoms with E-state index < -0.39 is 17.1 Å². The Morgan fingerprint density at radius 2 is 1.59 bits per heavy atom. The highest BCUT2D eigenvalue weighted by molar-refractivity contribution is 8.00. The van der Waals surface area contributed by atoms with Crippen molar-refractivity contribution in [2.75, 3.05) is 32.0 Å². The quantitative estimate of drug-likeness (QED) is 0.0851. The van der Waals surface area contributed by atoms with Gasteiger partial charge in [-0.1, -0.05) is 48.6 Å².